The number of hydrazone groups is 1. The first-order chi connectivity index (χ1) is 18.3. The standard InChI is InChI=1S/C26H22ClN3O7S/c1-35-19-12-14(10-11-18(19)37-25(33)15-6-3-4-8-17(15)27)13-28-30-23(32)22(31)29-24-21(26(34)36-2)16-7-5-9-20(16)38-24/h3-4,6,8,10-13H,5,7,9H2,1-2H3,(H,29,31)(H,30,32). The molecule has 196 valence electrons. The predicted octanol–water partition coefficient (Wildman–Crippen LogP) is 3.99. The number of benzene rings is 2. The van der Waals surface area contributed by atoms with Crippen LogP contribution in [0.1, 0.15) is 43.1 Å². The van der Waals surface area contributed by atoms with Crippen molar-refractivity contribution in [2.24, 2.45) is 5.10 Å². The predicted molar refractivity (Wildman–Crippen MR) is 141 cm³/mol. The zero-order valence-electron chi connectivity index (χ0n) is 20.3. The van der Waals surface area contributed by atoms with Gasteiger partial charge in [0, 0.05) is 4.88 Å². The highest BCUT2D eigenvalue weighted by Crippen LogP contribution is 2.39. The van der Waals surface area contributed by atoms with Gasteiger partial charge in [-0.15, -0.1) is 11.3 Å². The van der Waals surface area contributed by atoms with Gasteiger partial charge in [0.2, 0.25) is 0 Å². The van der Waals surface area contributed by atoms with Gasteiger partial charge < -0.3 is 19.5 Å². The highest BCUT2D eigenvalue weighted by molar-refractivity contribution is 7.17. The normalized spacial score (nSPS) is 12.1. The average molecular weight is 556 g/mol. The molecule has 2 N–H and O–H groups in total. The Morgan fingerprint density at radius 3 is 2.53 bits per heavy atom. The minimum absolute atomic E-state index is 0.155. The number of anilines is 1. The Hall–Kier alpha value is -4.22. The summed E-state index contributed by atoms with van der Waals surface area (Å²) in [6.07, 6.45) is 3.72. The Labute approximate surface area is 226 Å². The molecular formula is C26H22ClN3O7S. The van der Waals surface area contributed by atoms with Gasteiger partial charge in [0.1, 0.15) is 5.00 Å². The maximum absolute atomic E-state index is 12.4. The van der Waals surface area contributed by atoms with E-state index in [9.17, 15) is 19.2 Å². The van der Waals surface area contributed by atoms with Crippen LogP contribution in [0, 0.1) is 0 Å². The fraction of sp³-hybridized carbons (Fsp3) is 0.192. The number of hydrogen-bond acceptors (Lipinski definition) is 9. The average Bonchev–Trinajstić information content (AvgIpc) is 3.50. The number of halogens is 1. The van der Waals surface area contributed by atoms with E-state index in [1.54, 1.807) is 30.3 Å². The second kappa shape index (κ2) is 11.9. The summed E-state index contributed by atoms with van der Waals surface area (Å²) in [7, 11) is 2.66. The molecule has 0 unspecified atom stereocenters. The summed E-state index contributed by atoms with van der Waals surface area (Å²) < 4.78 is 15.5. The van der Waals surface area contributed by atoms with Crippen LogP contribution in [-0.4, -0.2) is 44.2 Å². The molecule has 10 nitrogen and oxygen atoms in total. The fourth-order valence-corrected chi connectivity index (χ4v) is 5.30. The Bertz CT molecular complexity index is 1450. The Morgan fingerprint density at radius 1 is 1.00 bits per heavy atom. The molecule has 0 fully saturated rings. The Morgan fingerprint density at radius 2 is 1.79 bits per heavy atom. The number of methoxy groups -OCH3 is 2. The largest absolute Gasteiger partial charge is 0.493 e. The lowest BCUT2D eigenvalue weighted by Crippen LogP contribution is -2.32. The van der Waals surface area contributed by atoms with Gasteiger partial charge in [0.25, 0.3) is 0 Å². The quantitative estimate of drug-likeness (QED) is 0.148. The molecule has 0 atom stereocenters. The van der Waals surface area contributed by atoms with Crippen molar-refractivity contribution in [2.75, 3.05) is 19.5 Å². The molecule has 1 aliphatic carbocycles. The molecule has 1 aromatic heterocycles. The van der Waals surface area contributed by atoms with Crippen molar-refractivity contribution < 1.29 is 33.4 Å². The van der Waals surface area contributed by atoms with E-state index in [1.165, 1.54) is 43.9 Å². The first kappa shape index (κ1) is 26.8. The molecule has 38 heavy (non-hydrogen) atoms. The number of hydrogen-bond donors (Lipinski definition) is 2. The van der Waals surface area contributed by atoms with Gasteiger partial charge in [-0.2, -0.15) is 5.10 Å². The topological polar surface area (TPSA) is 132 Å². The molecule has 3 aromatic rings. The van der Waals surface area contributed by atoms with Gasteiger partial charge in [-0.3, -0.25) is 9.59 Å². The number of fused-ring (bicyclic) bond motifs is 1. The van der Waals surface area contributed by atoms with Crippen molar-refractivity contribution in [2.45, 2.75) is 19.3 Å². The first-order valence-electron chi connectivity index (χ1n) is 11.3. The molecule has 4 rings (SSSR count). The molecule has 1 heterocycles. The summed E-state index contributed by atoms with van der Waals surface area (Å²) in [6.45, 7) is 0. The third-order valence-corrected chi connectivity index (χ3v) is 7.14. The number of amides is 2. The number of rotatable bonds is 7. The number of carbonyl (C=O) groups is 4. The van der Waals surface area contributed by atoms with Crippen LogP contribution in [0.15, 0.2) is 47.6 Å². The molecule has 0 saturated heterocycles. The highest BCUT2D eigenvalue weighted by atomic mass is 35.5. The molecule has 2 aromatic carbocycles. The number of thiophene rings is 1. The summed E-state index contributed by atoms with van der Waals surface area (Å²) in [4.78, 5) is 50.4. The lowest BCUT2D eigenvalue weighted by atomic mass is 10.1. The second-order valence-corrected chi connectivity index (χ2v) is 9.50. The molecule has 0 radical (unpaired) electrons. The van der Waals surface area contributed by atoms with Crippen molar-refractivity contribution >= 4 is 57.9 Å². The summed E-state index contributed by atoms with van der Waals surface area (Å²) >= 11 is 7.31. The van der Waals surface area contributed by atoms with Gasteiger partial charge in [0.05, 0.1) is 36.6 Å². The monoisotopic (exact) mass is 555 g/mol. The van der Waals surface area contributed by atoms with Crippen LogP contribution in [0.4, 0.5) is 5.00 Å². The minimum atomic E-state index is -1.03. The van der Waals surface area contributed by atoms with Crippen molar-refractivity contribution in [3.8, 4) is 11.5 Å². The van der Waals surface area contributed by atoms with Crippen LogP contribution >= 0.6 is 22.9 Å². The highest BCUT2D eigenvalue weighted by Gasteiger charge is 2.29. The summed E-state index contributed by atoms with van der Waals surface area (Å²) in [6, 6.07) is 11.1. The number of ether oxygens (including phenoxy) is 3. The lowest BCUT2D eigenvalue weighted by molar-refractivity contribution is -0.136. The number of nitrogens with one attached hydrogen (secondary N) is 2. The van der Waals surface area contributed by atoms with Crippen LogP contribution in [-0.2, 0) is 27.2 Å². The SMILES string of the molecule is COC(=O)c1c(NC(=O)C(=O)NN=Cc2ccc(OC(=O)c3ccccc3Cl)c(OC)c2)sc2c1CCC2. The molecule has 0 aliphatic heterocycles. The van der Waals surface area contributed by atoms with Gasteiger partial charge in [-0.1, -0.05) is 23.7 Å². The molecule has 2 amide bonds. The number of nitrogens with zero attached hydrogens (tertiary/aromatic N) is 1. The van der Waals surface area contributed by atoms with Crippen LogP contribution in [0.5, 0.6) is 11.5 Å². The molecule has 0 saturated carbocycles. The fourth-order valence-electron chi connectivity index (χ4n) is 3.82. The van der Waals surface area contributed by atoms with E-state index in [0.717, 1.165) is 23.3 Å². The van der Waals surface area contributed by atoms with Crippen LogP contribution < -0.4 is 20.2 Å². The van der Waals surface area contributed by atoms with E-state index >= 15 is 0 Å². The third kappa shape index (κ3) is 5.84. The van der Waals surface area contributed by atoms with Gasteiger partial charge in [-0.05, 0) is 60.7 Å². The zero-order valence-corrected chi connectivity index (χ0v) is 21.9. The van der Waals surface area contributed by atoms with Crippen molar-refractivity contribution in [1.29, 1.82) is 0 Å². The Kier molecular flexibility index (Phi) is 8.39. The van der Waals surface area contributed by atoms with Crippen LogP contribution in [0.3, 0.4) is 0 Å². The zero-order chi connectivity index (χ0) is 27.2. The number of aryl methyl sites for hydroxylation is 1. The van der Waals surface area contributed by atoms with Crippen LogP contribution in [0.25, 0.3) is 0 Å². The Balaban J connectivity index is 1.39. The van der Waals surface area contributed by atoms with Crippen molar-refractivity contribution in [3.63, 3.8) is 0 Å². The van der Waals surface area contributed by atoms with Gasteiger partial charge >= 0.3 is 23.8 Å². The van der Waals surface area contributed by atoms with E-state index in [0.29, 0.717) is 12.0 Å². The molecule has 0 bridgehead atoms. The molecular weight excluding hydrogens is 534 g/mol. The summed E-state index contributed by atoms with van der Waals surface area (Å²) in [5.41, 5.74) is 3.97. The molecule has 12 heteroatoms. The minimum Gasteiger partial charge on any atom is -0.493 e. The van der Waals surface area contributed by atoms with E-state index in [4.69, 9.17) is 25.8 Å². The van der Waals surface area contributed by atoms with E-state index < -0.39 is 23.8 Å². The van der Waals surface area contributed by atoms with E-state index in [2.05, 4.69) is 15.8 Å². The van der Waals surface area contributed by atoms with Crippen LogP contribution in [0.2, 0.25) is 5.02 Å². The maximum Gasteiger partial charge on any atom is 0.345 e. The lowest BCUT2D eigenvalue weighted by Gasteiger charge is -2.10. The smallest absolute Gasteiger partial charge is 0.345 e. The summed E-state index contributed by atoms with van der Waals surface area (Å²) in [5, 5.41) is 6.81. The second-order valence-electron chi connectivity index (χ2n) is 7.99. The third-order valence-electron chi connectivity index (χ3n) is 5.61. The maximum atomic E-state index is 12.4. The molecule has 0 spiro atoms. The van der Waals surface area contributed by atoms with Gasteiger partial charge in [-0.25, -0.2) is 15.0 Å². The van der Waals surface area contributed by atoms with Crippen molar-refractivity contribution in [3.05, 3.63) is 74.6 Å². The van der Waals surface area contributed by atoms with Gasteiger partial charge in [0.15, 0.2) is 11.5 Å². The van der Waals surface area contributed by atoms with E-state index in [-0.39, 0.29) is 32.6 Å². The number of carbonyl (C=O) groups excluding carboxylic acids is 4. The first-order valence-corrected chi connectivity index (χ1v) is 12.5. The molecule has 1 aliphatic rings. The van der Waals surface area contributed by atoms with E-state index in [1.807, 2.05) is 0 Å². The summed E-state index contributed by atoms with van der Waals surface area (Å²) in [5.74, 6) is -2.83. The number of esters is 2. The van der Waals surface area contributed by atoms with Crippen molar-refractivity contribution in [1.82, 2.24) is 5.43 Å².